The van der Waals surface area contributed by atoms with E-state index in [1.54, 1.807) is 7.05 Å². The maximum atomic E-state index is 13.9. The van der Waals surface area contributed by atoms with Crippen molar-refractivity contribution in [2.24, 2.45) is 7.05 Å². The minimum atomic E-state index is -4.04. The minimum absolute atomic E-state index is 0.0878. The van der Waals surface area contributed by atoms with E-state index in [-0.39, 0.29) is 29.7 Å². The highest BCUT2D eigenvalue weighted by molar-refractivity contribution is 7.90. The van der Waals surface area contributed by atoms with Gasteiger partial charge < -0.3 is 8.98 Å². The fourth-order valence-corrected chi connectivity index (χ4v) is 5.52. The van der Waals surface area contributed by atoms with E-state index in [0.717, 1.165) is 12.1 Å². The standard InChI is InChI=1S/C17H17F2N4O3S/c1-22-9-16(21-11-22)27(24,25)23(13-2-3-14(18)15(19)8-13)6-4-12(10-23)17-20-5-7-26-17/h2-3,5,7-9,11-12H,4,6,10H2,1H3/q+1/t12-,23-/m0/s1. The lowest BCUT2D eigenvalue weighted by Gasteiger charge is -2.31. The maximum Gasteiger partial charge on any atom is 0.351 e. The second kappa shape index (κ2) is 6.24. The molecule has 27 heavy (non-hydrogen) atoms. The number of nitrogens with zero attached hydrogens (tertiary/aromatic N) is 4. The van der Waals surface area contributed by atoms with Crippen LogP contribution in [0.3, 0.4) is 0 Å². The van der Waals surface area contributed by atoms with Gasteiger partial charge in [0.2, 0.25) is 10.9 Å². The van der Waals surface area contributed by atoms with E-state index in [0.29, 0.717) is 12.3 Å². The monoisotopic (exact) mass is 395 g/mol. The normalized spacial score (nSPS) is 23.0. The van der Waals surface area contributed by atoms with Crippen LogP contribution in [-0.2, 0) is 17.1 Å². The SMILES string of the molecule is Cn1cnc(S(=O)(=O)[N@@+]2(c3ccc(F)c(F)c3)CC[C@H](c3ncco3)C2)c1. The second-order valence-electron chi connectivity index (χ2n) is 6.60. The fraction of sp³-hybridized carbons (Fsp3) is 0.294. The molecule has 0 bridgehead atoms. The highest BCUT2D eigenvalue weighted by Gasteiger charge is 2.53. The van der Waals surface area contributed by atoms with Crippen LogP contribution >= 0.6 is 0 Å². The quantitative estimate of drug-likeness (QED) is 0.635. The van der Waals surface area contributed by atoms with E-state index in [1.807, 2.05) is 0 Å². The van der Waals surface area contributed by atoms with Crippen molar-refractivity contribution < 1.29 is 21.6 Å². The fourth-order valence-electron chi connectivity index (χ4n) is 3.57. The molecule has 3 heterocycles. The Bertz CT molecular complexity index is 1080. The van der Waals surface area contributed by atoms with Crippen molar-refractivity contribution >= 4 is 15.7 Å². The van der Waals surface area contributed by atoms with Crippen LogP contribution in [0.15, 0.2) is 52.6 Å². The molecule has 1 fully saturated rings. The number of aryl methyl sites for hydroxylation is 1. The van der Waals surface area contributed by atoms with E-state index in [9.17, 15) is 17.2 Å². The van der Waals surface area contributed by atoms with Gasteiger partial charge in [-0.05, 0) is 6.07 Å². The molecule has 0 radical (unpaired) electrons. The largest absolute Gasteiger partial charge is 0.448 e. The van der Waals surface area contributed by atoms with Gasteiger partial charge in [-0.25, -0.2) is 18.7 Å². The summed E-state index contributed by atoms with van der Waals surface area (Å²) < 4.78 is 60.7. The number of hydrogen-bond acceptors (Lipinski definition) is 5. The highest BCUT2D eigenvalue weighted by Crippen LogP contribution is 2.42. The Kier molecular flexibility index (Phi) is 4.11. The number of benzene rings is 1. The maximum absolute atomic E-state index is 13.9. The molecule has 1 aliphatic rings. The summed E-state index contributed by atoms with van der Waals surface area (Å²) in [5.41, 5.74) is 0.147. The molecular formula is C17H17F2N4O3S+. The molecule has 0 spiro atoms. The number of quaternary nitrogens is 1. The molecule has 7 nitrogen and oxygen atoms in total. The summed E-state index contributed by atoms with van der Waals surface area (Å²) in [6.45, 7) is 0.252. The molecule has 142 valence electrons. The summed E-state index contributed by atoms with van der Waals surface area (Å²) in [6.07, 6.45) is 6.16. The van der Waals surface area contributed by atoms with E-state index in [1.165, 1.54) is 35.6 Å². The third kappa shape index (κ3) is 2.76. The van der Waals surface area contributed by atoms with Crippen molar-refractivity contribution in [3.63, 3.8) is 0 Å². The van der Waals surface area contributed by atoms with Crippen LogP contribution in [0, 0.1) is 11.6 Å². The van der Waals surface area contributed by atoms with Crippen molar-refractivity contribution in [2.45, 2.75) is 17.4 Å². The minimum Gasteiger partial charge on any atom is -0.448 e. The molecule has 4 rings (SSSR count). The Balaban J connectivity index is 1.87. The van der Waals surface area contributed by atoms with E-state index in [4.69, 9.17) is 4.42 Å². The molecular weight excluding hydrogens is 378 g/mol. The first kappa shape index (κ1) is 17.8. The number of aromatic nitrogens is 3. The molecule has 1 aliphatic heterocycles. The number of halogens is 2. The molecule has 2 aromatic heterocycles. The highest BCUT2D eigenvalue weighted by atomic mass is 32.2. The number of oxazole rings is 1. The Morgan fingerprint density at radius 3 is 2.70 bits per heavy atom. The summed E-state index contributed by atoms with van der Waals surface area (Å²) in [7, 11) is -2.38. The van der Waals surface area contributed by atoms with E-state index < -0.39 is 25.5 Å². The molecule has 2 atom stereocenters. The van der Waals surface area contributed by atoms with Crippen LogP contribution in [-0.4, -0.2) is 36.0 Å². The molecule has 1 saturated heterocycles. The summed E-state index contributed by atoms with van der Waals surface area (Å²) in [5.74, 6) is -1.98. The molecule has 0 unspecified atom stereocenters. The number of hydrogen-bond donors (Lipinski definition) is 0. The van der Waals surface area contributed by atoms with Gasteiger partial charge in [0, 0.05) is 31.8 Å². The van der Waals surface area contributed by atoms with E-state index in [2.05, 4.69) is 9.97 Å². The Labute approximate surface area is 154 Å². The molecule has 0 aliphatic carbocycles. The number of sulfonamides is 1. The second-order valence-corrected chi connectivity index (χ2v) is 8.67. The lowest BCUT2D eigenvalue weighted by molar-refractivity contribution is 0.427. The first-order valence-electron chi connectivity index (χ1n) is 8.29. The zero-order chi connectivity index (χ0) is 19.2. The van der Waals surface area contributed by atoms with Crippen LogP contribution < -0.4 is 3.89 Å². The first-order chi connectivity index (χ1) is 12.8. The third-order valence-corrected chi connectivity index (χ3v) is 7.14. The molecule has 0 amide bonds. The summed E-state index contributed by atoms with van der Waals surface area (Å²) in [5, 5.41) is -0.122. The predicted molar refractivity (Wildman–Crippen MR) is 92.1 cm³/mol. The predicted octanol–water partition coefficient (Wildman–Crippen LogP) is 2.57. The zero-order valence-electron chi connectivity index (χ0n) is 14.4. The molecule has 0 saturated carbocycles. The van der Waals surface area contributed by atoms with Gasteiger partial charge in [-0.3, -0.25) is 0 Å². The van der Waals surface area contributed by atoms with Crippen molar-refractivity contribution in [1.82, 2.24) is 18.4 Å². The third-order valence-electron chi connectivity index (χ3n) is 4.93. The number of imidazole rings is 1. The van der Waals surface area contributed by atoms with Gasteiger partial charge in [-0.2, -0.15) is 12.3 Å². The average Bonchev–Trinajstić information content (AvgIpc) is 3.36. The van der Waals surface area contributed by atoms with Gasteiger partial charge in [-0.15, -0.1) is 0 Å². The van der Waals surface area contributed by atoms with Gasteiger partial charge in [0.25, 0.3) is 0 Å². The lowest BCUT2D eigenvalue weighted by atomic mass is 10.1. The van der Waals surface area contributed by atoms with Gasteiger partial charge >= 0.3 is 10.0 Å². The van der Waals surface area contributed by atoms with Gasteiger partial charge in [-0.1, -0.05) is 0 Å². The average molecular weight is 395 g/mol. The van der Waals surface area contributed by atoms with Crippen LogP contribution in [0.25, 0.3) is 0 Å². The van der Waals surface area contributed by atoms with Crippen LogP contribution in [0.5, 0.6) is 0 Å². The van der Waals surface area contributed by atoms with Crippen molar-refractivity contribution in [3.8, 4) is 0 Å². The Morgan fingerprint density at radius 2 is 2.07 bits per heavy atom. The molecule has 3 aromatic rings. The molecule has 10 heteroatoms. The summed E-state index contributed by atoms with van der Waals surface area (Å²) in [4.78, 5) is 8.11. The summed E-state index contributed by atoms with van der Waals surface area (Å²) in [6, 6.07) is 3.18. The lowest BCUT2D eigenvalue weighted by Crippen LogP contribution is -2.52. The van der Waals surface area contributed by atoms with Gasteiger partial charge in [0.05, 0.1) is 25.0 Å². The van der Waals surface area contributed by atoms with Gasteiger partial charge in [0.15, 0.2) is 17.3 Å². The zero-order valence-corrected chi connectivity index (χ0v) is 15.2. The van der Waals surface area contributed by atoms with Crippen molar-refractivity contribution in [1.29, 1.82) is 0 Å². The number of rotatable bonds is 4. The van der Waals surface area contributed by atoms with Crippen molar-refractivity contribution in [3.05, 3.63) is 60.7 Å². The Hall–Kier alpha value is -2.59. The summed E-state index contributed by atoms with van der Waals surface area (Å²) >= 11 is 0. The first-order valence-corrected chi connectivity index (χ1v) is 9.73. The van der Waals surface area contributed by atoms with Crippen LogP contribution in [0.1, 0.15) is 18.2 Å². The van der Waals surface area contributed by atoms with Crippen LogP contribution in [0.4, 0.5) is 14.5 Å². The molecule has 0 N–H and O–H groups in total. The smallest absolute Gasteiger partial charge is 0.351 e. The van der Waals surface area contributed by atoms with Crippen LogP contribution in [0.2, 0.25) is 0 Å². The van der Waals surface area contributed by atoms with Gasteiger partial charge in [0.1, 0.15) is 12.8 Å². The Morgan fingerprint density at radius 1 is 1.26 bits per heavy atom. The van der Waals surface area contributed by atoms with Crippen molar-refractivity contribution in [2.75, 3.05) is 13.1 Å². The molecule has 1 aromatic carbocycles. The van der Waals surface area contributed by atoms with E-state index >= 15 is 0 Å². The topological polar surface area (TPSA) is 78.0 Å².